The Morgan fingerprint density at radius 3 is 2.50 bits per heavy atom. The van der Waals surface area contributed by atoms with Crippen molar-refractivity contribution >= 4 is 23.2 Å². The Morgan fingerprint density at radius 2 is 1.94 bits per heavy atom. The number of hydrogen-bond acceptors (Lipinski definition) is 2. The second-order valence-corrected chi connectivity index (χ2v) is 4.38. The summed E-state index contributed by atoms with van der Waals surface area (Å²) in [5, 5.41) is 3.06. The number of hydrogen-bond donors (Lipinski definition) is 1. The Morgan fingerprint density at radius 1 is 1.22 bits per heavy atom. The molecule has 1 heterocycles. The molecule has 2 aromatic rings. The Hall–Kier alpha value is -1.10. The maximum atomic E-state index is 13.9. The first kappa shape index (κ1) is 13.3. The van der Waals surface area contributed by atoms with Crippen LogP contribution in [0.3, 0.4) is 0 Å². The van der Waals surface area contributed by atoms with Gasteiger partial charge >= 0.3 is 0 Å². The van der Waals surface area contributed by atoms with Crippen LogP contribution in [0.5, 0.6) is 0 Å². The molecule has 0 aliphatic carbocycles. The zero-order valence-electron chi connectivity index (χ0n) is 9.31. The first-order chi connectivity index (χ1) is 8.56. The van der Waals surface area contributed by atoms with Crippen LogP contribution in [0.4, 0.5) is 8.78 Å². The first-order valence-electron chi connectivity index (χ1n) is 5.09. The van der Waals surface area contributed by atoms with Crippen LogP contribution >= 0.6 is 23.2 Å². The molecule has 0 bridgehead atoms. The van der Waals surface area contributed by atoms with E-state index in [1.165, 1.54) is 12.3 Å². The predicted octanol–water partition coefficient (Wildman–Crippen LogP) is 4.17. The Labute approximate surface area is 113 Å². The standard InChI is InChI=1S/C12H9Cl2F2NO/c1-17-11(6-4-5-18-12(6)14)9-7(13)2-3-8(15)10(9)16/h2-5,11,17H,1H3. The zero-order chi connectivity index (χ0) is 13.3. The van der Waals surface area contributed by atoms with Gasteiger partial charge in [-0.25, -0.2) is 8.78 Å². The molecule has 18 heavy (non-hydrogen) atoms. The van der Waals surface area contributed by atoms with Gasteiger partial charge in [-0.15, -0.1) is 0 Å². The fourth-order valence-corrected chi connectivity index (χ4v) is 2.25. The van der Waals surface area contributed by atoms with E-state index in [0.717, 1.165) is 6.07 Å². The lowest BCUT2D eigenvalue weighted by Gasteiger charge is -2.18. The van der Waals surface area contributed by atoms with Crippen LogP contribution in [0.1, 0.15) is 17.2 Å². The maximum absolute atomic E-state index is 13.9. The molecule has 0 aliphatic rings. The highest BCUT2D eigenvalue weighted by Gasteiger charge is 2.25. The summed E-state index contributed by atoms with van der Waals surface area (Å²) in [7, 11) is 1.59. The molecular weight excluding hydrogens is 283 g/mol. The van der Waals surface area contributed by atoms with E-state index in [9.17, 15) is 8.78 Å². The van der Waals surface area contributed by atoms with Crippen LogP contribution in [0.25, 0.3) is 0 Å². The van der Waals surface area contributed by atoms with Crippen LogP contribution in [-0.2, 0) is 0 Å². The molecule has 0 fully saturated rings. The third-order valence-corrected chi connectivity index (χ3v) is 3.25. The summed E-state index contributed by atoms with van der Waals surface area (Å²) in [6.07, 6.45) is 1.37. The monoisotopic (exact) mass is 291 g/mol. The van der Waals surface area contributed by atoms with E-state index in [1.54, 1.807) is 13.1 Å². The van der Waals surface area contributed by atoms with E-state index in [-0.39, 0.29) is 15.8 Å². The number of halogens is 4. The molecule has 1 aromatic heterocycles. The molecule has 0 radical (unpaired) electrons. The van der Waals surface area contributed by atoms with Gasteiger partial charge in [-0.05, 0) is 36.8 Å². The molecule has 0 amide bonds. The van der Waals surface area contributed by atoms with E-state index in [0.29, 0.717) is 5.56 Å². The topological polar surface area (TPSA) is 25.2 Å². The van der Waals surface area contributed by atoms with Crippen molar-refractivity contribution in [3.63, 3.8) is 0 Å². The lowest BCUT2D eigenvalue weighted by atomic mass is 10.0. The highest BCUT2D eigenvalue weighted by Crippen LogP contribution is 2.35. The highest BCUT2D eigenvalue weighted by atomic mass is 35.5. The number of rotatable bonds is 3. The smallest absolute Gasteiger partial charge is 0.198 e. The van der Waals surface area contributed by atoms with Gasteiger partial charge in [0.15, 0.2) is 16.9 Å². The van der Waals surface area contributed by atoms with Gasteiger partial charge < -0.3 is 9.73 Å². The molecule has 6 heteroatoms. The average molecular weight is 292 g/mol. The Bertz CT molecular complexity index is 571. The van der Waals surface area contributed by atoms with Gasteiger partial charge in [-0.2, -0.15) is 0 Å². The molecule has 0 spiro atoms. The van der Waals surface area contributed by atoms with Gasteiger partial charge in [0.1, 0.15) is 0 Å². The van der Waals surface area contributed by atoms with Gasteiger partial charge in [0, 0.05) is 16.1 Å². The van der Waals surface area contributed by atoms with E-state index in [1.807, 2.05) is 0 Å². The minimum absolute atomic E-state index is 0.00228. The SMILES string of the molecule is CNC(c1ccoc1Cl)c1c(Cl)ccc(F)c1F. The van der Waals surface area contributed by atoms with Gasteiger partial charge in [0.2, 0.25) is 0 Å². The third kappa shape index (κ3) is 2.23. The summed E-state index contributed by atoms with van der Waals surface area (Å²) in [6.45, 7) is 0. The second-order valence-electron chi connectivity index (χ2n) is 3.63. The summed E-state index contributed by atoms with van der Waals surface area (Å²) in [6, 6.07) is 3.17. The van der Waals surface area contributed by atoms with Crippen molar-refractivity contribution in [1.82, 2.24) is 5.32 Å². The fraction of sp³-hybridized carbons (Fsp3) is 0.167. The van der Waals surface area contributed by atoms with Crippen LogP contribution in [0.2, 0.25) is 10.2 Å². The summed E-state index contributed by atoms with van der Waals surface area (Å²) in [4.78, 5) is 0. The number of furan rings is 1. The van der Waals surface area contributed by atoms with Crippen molar-refractivity contribution in [1.29, 1.82) is 0 Å². The molecule has 96 valence electrons. The third-order valence-electron chi connectivity index (χ3n) is 2.61. The molecule has 0 aliphatic heterocycles. The van der Waals surface area contributed by atoms with Gasteiger partial charge in [0.25, 0.3) is 0 Å². The largest absolute Gasteiger partial charge is 0.453 e. The van der Waals surface area contributed by atoms with Gasteiger partial charge in [-0.1, -0.05) is 11.6 Å². The predicted molar refractivity (Wildman–Crippen MR) is 66.0 cm³/mol. The van der Waals surface area contributed by atoms with Crippen molar-refractivity contribution < 1.29 is 13.2 Å². The maximum Gasteiger partial charge on any atom is 0.198 e. The van der Waals surface area contributed by atoms with Crippen LogP contribution < -0.4 is 5.32 Å². The molecular formula is C12H9Cl2F2NO. The minimum Gasteiger partial charge on any atom is -0.453 e. The molecule has 2 rings (SSSR count). The lowest BCUT2D eigenvalue weighted by molar-refractivity contribution is 0.486. The lowest BCUT2D eigenvalue weighted by Crippen LogP contribution is -2.19. The second kappa shape index (κ2) is 5.26. The summed E-state index contributed by atoms with van der Waals surface area (Å²) < 4.78 is 32.1. The molecule has 1 atom stereocenters. The summed E-state index contributed by atoms with van der Waals surface area (Å²) in [5.74, 6) is -1.96. The van der Waals surface area contributed by atoms with Crippen LogP contribution in [0.15, 0.2) is 28.9 Å². The minimum atomic E-state index is -1.00. The molecule has 0 saturated heterocycles. The molecule has 1 unspecified atom stereocenters. The summed E-state index contributed by atoms with van der Waals surface area (Å²) >= 11 is 11.8. The highest BCUT2D eigenvalue weighted by molar-refractivity contribution is 6.31. The van der Waals surface area contributed by atoms with Crippen LogP contribution in [-0.4, -0.2) is 7.05 Å². The Kier molecular flexibility index (Phi) is 3.90. The van der Waals surface area contributed by atoms with E-state index in [4.69, 9.17) is 27.6 Å². The number of benzene rings is 1. The van der Waals surface area contributed by atoms with E-state index in [2.05, 4.69) is 5.32 Å². The Balaban J connectivity index is 2.59. The van der Waals surface area contributed by atoms with Crippen molar-refractivity contribution in [2.24, 2.45) is 0 Å². The van der Waals surface area contributed by atoms with Crippen molar-refractivity contribution in [3.8, 4) is 0 Å². The van der Waals surface area contributed by atoms with Crippen LogP contribution in [0, 0.1) is 11.6 Å². The molecule has 0 saturated carbocycles. The zero-order valence-corrected chi connectivity index (χ0v) is 10.8. The average Bonchev–Trinajstić information content (AvgIpc) is 2.76. The fourth-order valence-electron chi connectivity index (χ4n) is 1.77. The summed E-state index contributed by atoms with van der Waals surface area (Å²) in [5.41, 5.74) is 0.494. The molecule has 2 nitrogen and oxygen atoms in total. The normalized spacial score (nSPS) is 12.7. The van der Waals surface area contributed by atoms with Crippen molar-refractivity contribution in [2.75, 3.05) is 7.05 Å². The molecule has 1 aromatic carbocycles. The van der Waals surface area contributed by atoms with Crippen molar-refractivity contribution in [3.05, 3.63) is 57.5 Å². The van der Waals surface area contributed by atoms with Crippen molar-refractivity contribution in [2.45, 2.75) is 6.04 Å². The first-order valence-corrected chi connectivity index (χ1v) is 5.85. The van der Waals surface area contributed by atoms with Gasteiger partial charge in [0.05, 0.1) is 12.3 Å². The van der Waals surface area contributed by atoms with E-state index < -0.39 is 17.7 Å². The quantitative estimate of drug-likeness (QED) is 0.859. The van der Waals surface area contributed by atoms with Gasteiger partial charge in [-0.3, -0.25) is 0 Å². The van der Waals surface area contributed by atoms with E-state index >= 15 is 0 Å². The number of nitrogens with one attached hydrogen (secondary N) is 1. The molecule has 1 N–H and O–H groups in total.